The zero-order chi connectivity index (χ0) is 62.6. The quantitative estimate of drug-likeness (QED) is 0.163. The molecule has 14 aromatic rings. The molecule has 94 heavy (non-hydrogen) atoms. The van der Waals surface area contributed by atoms with Crippen LogP contribution < -0.4 is 38.2 Å². The van der Waals surface area contributed by atoms with Gasteiger partial charge in [0, 0.05) is 73.4 Å². The molecule has 0 saturated heterocycles. The molecule has 0 aromatic heterocycles. The summed E-state index contributed by atoms with van der Waals surface area (Å²) in [5.41, 5.74) is 20.9. The Morgan fingerprint density at radius 2 is 0.574 bits per heavy atom. The molecule has 6 aliphatic rings. The van der Waals surface area contributed by atoms with E-state index in [9.17, 15) is 0 Å². The Bertz CT molecular complexity index is 5560. The predicted octanol–water partition coefficient (Wildman–Crippen LogP) is 24.6. The minimum absolute atomic E-state index is 0.133. The van der Waals surface area contributed by atoms with E-state index in [2.05, 4.69) is 244 Å². The van der Waals surface area contributed by atoms with Crippen LogP contribution in [0.3, 0.4) is 0 Å². The molecule has 20 rings (SSSR count). The number of nitrogens with zero attached hydrogens (tertiary/aromatic N) is 2. The summed E-state index contributed by atoms with van der Waals surface area (Å²) in [7, 11) is 0. The summed E-state index contributed by atoms with van der Waals surface area (Å²) in [6.45, 7) is 9.28. The van der Waals surface area contributed by atoms with Gasteiger partial charge in [-0.1, -0.05) is 179 Å². The topological polar surface area (TPSA) is 61.9 Å². The van der Waals surface area contributed by atoms with E-state index in [1.807, 2.05) is 72.8 Å². The van der Waals surface area contributed by atoms with Gasteiger partial charge in [0.15, 0.2) is 46.0 Å². The molecule has 0 radical (unpaired) electrons. The van der Waals surface area contributed by atoms with Crippen molar-refractivity contribution in [3.8, 4) is 114 Å². The zero-order valence-electron chi connectivity index (χ0n) is 51.9. The van der Waals surface area contributed by atoms with Crippen LogP contribution in [0.25, 0.3) is 66.1 Å². The highest BCUT2D eigenvalue weighted by atomic mass is 16.6. The molecule has 0 bridgehead atoms. The van der Waals surface area contributed by atoms with E-state index in [0.717, 1.165) is 84.4 Å². The Balaban J connectivity index is 0.000000133. The summed E-state index contributed by atoms with van der Waals surface area (Å²) >= 11 is 0. The molecule has 0 fully saturated rings. The zero-order valence-corrected chi connectivity index (χ0v) is 51.9. The van der Waals surface area contributed by atoms with Gasteiger partial charge in [-0.3, -0.25) is 0 Å². The van der Waals surface area contributed by atoms with Gasteiger partial charge in [-0.15, -0.1) is 0 Å². The molecule has 0 unspecified atom stereocenters. The largest absolute Gasteiger partial charge is 0.456 e. The molecule has 0 N–H and O–H groups in total. The van der Waals surface area contributed by atoms with Crippen LogP contribution in [0, 0.1) is 0 Å². The molecule has 448 valence electrons. The third-order valence-electron chi connectivity index (χ3n) is 19.8. The van der Waals surface area contributed by atoms with Crippen molar-refractivity contribution in [3.63, 3.8) is 0 Å². The average Bonchev–Trinajstić information content (AvgIpc) is 1.63. The maximum Gasteiger partial charge on any atom is 0.172 e. The summed E-state index contributed by atoms with van der Waals surface area (Å²) in [5, 5.41) is 4.54. The molecule has 14 aromatic carbocycles. The predicted molar refractivity (Wildman–Crippen MR) is 377 cm³/mol. The van der Waals surface area contributed by atoms with E-state index >= 15 is 0 Å². The van der Waals surface area contributed by atoms with Gasteiger partial charge in [-0.05, 0) is 170 Å². The van der Waals surface area contributed by atoms with Crippen LogP contribution in [0.2, 0.25) is 0 Å². The molecule has 0 saturated carbocycles. The molecular formula is C86H58N2O6. The highest BCUT2D eigenvalue weighted by Gasteiger charge is 2.38. The van der Waals surface area contributed by atoms with Gasteiger partial charge >= 0.3 is 0 Å². The molecule has 8 nitrogen and oxygen atoms in total. The minimum atomic E-state index is -0.137. The van der Waals surface area contributed by atoms with Gasteiger partial charge in [0.25, 0.3) is 0 Å². The van der Waals surface area contributed by atoms with Crippen LogP contribution in [0.15, 0.2) is 279 Å². The van der Waals surface area contributed by atoms with Gasteiger partial charge in [0.05, 0.1) is 17.1 Å². The van der Waals surface area contributed by atoms with E-state index in [0.29, 0.717) is 46.0 Å². The summed E-state index contributed by atoms with van der Waals surface area (Å²) in [4.78, 5) is 4.63. The van der Waals surface area contributed by atoms with E-state index in [1.54, 1.807) is 0 Å². The standard InChI is InChI=1S/2C43H29NO3/c1-43(2)33-13-5-3-10-28(33)29-20-18-26(24-34(29)43)44(27-19-23-39-41(25-27)47-38-16-8-7-15-37(38)46-39)35-22-21-31-30-11-4-6-14-36(30)45-40-17-9-12-32(35)42(31)40;1-43(2)34-13-4-3-11-30(34)31-20-17-27(23-35(31)43)44(29-19-22-38-41(25-29)46-37-15-6-5-14-36(37)45-38)28-18-21-32-33-12-7-9-26-10-8-16-39(42(26)33)47-40(32)24-28/h2*3-25H,1-2H3. The highest BCUT2D eigenvalue weighted by Crippen LogP contribution is 2.58. The van der Waals surface area contributed by atoms with Crippen LogP contribution in [0.4, 0.5) is 34.1 Å². The smallest absolute Gasteiger partial charge is 0.172 e. The minimum Gasteiger partial charge on any atom is -0.456 e. The lowest BCUT2D eigenvalue weighted by Crippen LogP contribution is -2.17. The molecule has 4 aliphatic heterocycles. The van der Waals surface area contributed by atoms with Gasteiger partial charge in [-0.25, -0.2) is 0 Å². The first-order chi connectivity index (χ1) is 46.1. The van der Waals surface area contributed by atoms with Crippen molar-refractivity contribution >= 4 is 55.7 Å². The van der Waals surface area contributed by atoms with Crippen molar-refractivity contribution in [1.29, 1.82) is 0 Å². The summed E-state index contributed by atoms with van der Waals surface area (Å²) in [5.74, 6) is 9.04. The van der Waals surface area contributed by atoms with Crippen LogP contribution in [-0.2, 0) is 10.8 Å². The van der Waals surface area contributed by atoms with E-state index < -0.39 is 0 Å². The maximum absolute atomic E-state index is 6.62. The number of hydrogen-bond donors (Lipinski definition) is 0. The van der Waals surface area contributed by atoms with Crippen LogP contribution in [0.5, 0.6) is 69.0 Å². The number of ether oxygens (including phenoxy) is 6. The second-order valence-electron chi connectivity index (χ2n) is 25.9. The van der Waals surface area contributed by atoms with Gasteiger partial charge in [0.1, 0.15) is 23.0 Å². The van der Waals surface area contributed by atoms with E-state index in [1.165, 1.54) is 61.0 Å². The molecule has 0 atom stereocenters. The first-order valence-electron chi connectivity index (χ1n) is 32.0. The van der Waals surface area contributed by atoms with Gasteiger partial charge < -0.3 is 38.2 Å². The van der Waals surface area contributed by atoms with Gasteiger partial charge in [0.2, 0.25) is 0 Å². The number of hydrogen-bond acceptors (Lipinski definition) is 8. The SMILES string of the molecule is CC1(C)c2ccccc2-c2ccc(N(c3ccc4c(c3)Oc3ccccc3O4)c3ccc4c(c3)Oc3cccc5cccc-4c35)cc21.CC1(C)c2ccccc2-c2ccc(N(c3ccc4c(c3)Oc3ccccc3O4)c3ccc4c5c(cccc35)Oc3ccccc3-4)cc21. The fourth-order valence-electron chi connectivity index (χ4n) is 15.3. The molecule has 0 spiro atoms. The van der Waals surface area contributed by atoms with Crippen molar-refractivity contribution in [2.45, 2.75) is 38.5 Å². The van der Waals surface area contributed by atoms with Crippen LogP contribution in [-0.4, -0.2) is 0 Å². The summed E-state index contributed by atoms with van der Waals surface area (Å²) < 4.78 is 38.3. The highest BCUT2D eigenvalue weighted by molar-refractivity contribution is 6.11. The van der Waals surface area contributed by atoms with Crippen molar-refractivity contribution in [2.24, 2.45) is 0 Å². The van der Waals surface area contributed by atoms with Crippen molar-refractivity contribution in [1.82, 2.24) is 0 Å². The lowest BCUT2D eigenvalue weighted by molar-refractivity contribution is 0.360. The average molecular weight is 1220 g/mol. The lowest BCUT2D eigenvalue weighted by atomic mass is 9.82. The number of benzene rings is 14. The van der Waals surface area contributed by atoms with Crippen molar-refractivity contribution in [2.75, 3.05) is 9.80 Å². The first-order valence-corrected chi connectivity index (χ1v) is 32.0. The number of para-hydroxylation sites is 5. The third-order valence-corrected chi connectivity index (χ3v) is 19.8. The Hall–Kier alpha value is -12.0. The Kier molecular flexibility index (Phi) is 11.6. The third kappa shape index (κ3) is 8.18. The molecule has 0 amide bonds. The van der Waals surface area contributed by atoms with Crippen LogP contribution >= 0.6 is 0 Å². The van der Waals surface area contributed by atoms with Crippen molar-refractivity contribution in [3.05, 3.63) is 301 Å². The van der Waals surface area contributed by atoms with E-state index in [-0.39, 0.29) is 10.8 Å². The summed E-state index contributed by atoms with van der Waals surface area (Å²) in [6, 6.07) is 97.5. The molecule has 4 heterocycles. The number of fused-ring (bicyclic) bond motifs is 14. The fourth-order valence-corrected chi connectivity index (χ4v) is 15.3. The number of anilines is 6. The summed E-state index contributed by atoms with van der Waals surface area (Å²) in [6.07, 6.45) is 0. The normalized spacial score (nSPS) is 14.0. The Morgan fingerprint density at radius 1 is 0.223 bits per heavy atom. The second kappa shape index (κ2) is 20.2. The molecular weight excluding hydrogens is 1160 g/mol. The van der Waals surface area contributed by atoms with Crippen molar-refractivity contribution < 1.29 is 28.4 Å². The maximum atomic E-state index is 6.62. The molecule has 2 aliphatic carbocycles. The molecule has 8 heteroatoms. The first kappa shape index (κ1) is 53.8. The second-order valence-corrected chi connectivity index (χ2v) is 25.9. The van der Waals surface area contributed by atoms with E-state index in [4.69, 9.17) is 28.4 Å². The Labute approximate surface area is 544 Å². The number of rotatable bonds is 6. The fraction of sp³-hybridized carbons (Fsp3) is 0.0698. The Morgan fingerprint density at radius 3 is 1.17 bits per heavy atom. The van der Waals surface area contributed by atoms with Gasteiger partial charge in [-0.2, -0.15) is 0 Å². The lowest BCUT2D eigenvalue weighted by Gasteiger charge is -2.31. The monoisotopic (exact) mass is 1210 g/mol. The van der Waals surface area contributed by atoms with Crippen LogP contribution in [0.1, 0.15) is 49.9 Å².